The fraction of sp³-hybridized carbons (Fsp3) is 0. The van der Waals surface area contributed by atoms with Crippen molar-refractivity contribution in [2.45, 2.75) is 0 Å². The monoisotopic (exact) mass is 257 g/mol. The summed E-state index contributed by atoms with van der Waals surface area (Å²) in [5.74, 6) is 1.52. The average molecular weight is 258 g/mol. The molecule has 0 aliphatic rings. The molecule has 1 heterocycles. The van der Waals surface area contributed by atoms with Crippen LogP contribution in [0.2, 0.25) is 0 Å². The Morgan fingerprint density at radius 3 is 1.89 bits per heavy atom. The Kier molecular flexibility index (Phi) is 3.75. The highest BCUT2D eigenvalue weighted by Crippen LogP contribution is 2.18. The predicted octanol–water partition coefficient (Wildman–Crippen LogP) is 3.56. The molecule has 3 aromatic rings. The second-order valence-corrected chi connectivity index (χ2v) is 3.74. The summed E-state index contributed by atoms with van der Waals surface area (Å²) in [6.07, 6.45) is 0. The van der Waals surface area contributed by atoms with E-state index in [0.29, 0.717) is 0 Å². The average Bonchev–Trinajstić information content (AvgIpc) is 2.90. The number of rotatable bonds is 2. The lowest BCUT2D eigenvalue weighted by Gasteiger charge is -1.93. The third kappa shape index (κ3) is 2.41. The zero-order valence-corrected chi connectivity index (χ0v) is 10.4. The van der Waals surface area contributed by atoms with Gasteiger partial charge in [-0.15, -0.1) is 12.4 Å². The van der Waals surface area contributed by atoms with Gasteiger partial charge in [0.2, 0.25) is 0 Å². The van der Waals surface area contributed by atoms with Gasteiger partial charge < -0.3 is 0 Å². The first-order chi connectivity index (χ1) is 8.43. The maximum atomic E-state index is 4.48. The third-order valence-electron chi connectivity index (χ3n) is 2.56. The smallest absolute Gasteiger partial charge is 0.181 e. The quantitative estimate of drug-likeness (QED) is 0.763. The van der Waals surface area contributed by atoms with Crippen molar-refractivity contribution in [3.63, 3.8) is 0 Å². The minimum absolute atomic E-state index is 0. The van der Waals surface area contributed by atoms with Crippen molar-refractivity contribution >= 4 is 12.4 Å². The van der Waals surface area contributed by atoms with E-state index in [-0.39, 0.29) is 12.4 Å². The number of nitrogens with one attached hydrogen (secondary N) is 1. The van der Waals surface area contributed by atoms with Gasteiger partial charge in [-0.3, -0.25) is 5.10 Å². The van der Waals surface area contributed by atoms with Crippen LogP contribution in [0.4, 0.5) is 0 Å². The molecule has 0 atom stereocenters. The Balaban J connectivity index is 0.00000120. The number of hydrogen-bond acceptors (Lipinski definition) is 2. The molecule has 0 saturated carbocycles. The van der Waals surface area contributed by atoms with Crippen molar-refractivity contribution in [1.82, 2.24) is 15.2 Å². The molecular formula is C14H12ClN3. The van der Waals surface area contributed by atoms with Crippen LogP contribution in [0.15, 0.2) is 60.7 Å². The van der Waals surface area contributed by atoms with Gasteiger partial charge in [-0.1, -0.05) is 60.7 Å². The van der Waals surface area contributed by atoms with Gasteiger partial charge in [0.25, 0.3) is 0 Å². The van der Waals surface area contributed by atoms with Gasteiger partial charge in [-0.05, 0) is 0 Å². The number of aromatic amines is 1. The van der Waals surface area contributed by atoms with E-state index in [9.17, 15) is 0 Å². The molecule has 0 spiro atoms. The molecule has 0 saturated heterocycles. The number of H-pyrrole nitrogens is 1. The van der Waals surface area contributed by atoms with Gasteiger partial charge >= 0.3 is 0 Å². The predicted molar refractivity (Wildman–Crippen MR) is 74.5 cm³/mol. The molecule has 0 unspecified atom stereocenters. The molecule has 3 nitrogen and oxygen atoms in total. The highest BCUT2D eigenvalue weighted by molar-refractivity contribution is 5.85. The van der Waals surface area contributed by atoms with E-state index in [1.54, 1.807) is 0 Å². The SMILES string of the molecule is Cl.c1ccc(-c2n[nH]c(-c3ccccc3)n2)cc1. The Morgan fingerprint density at radius 1 is 0.722 bits per heavy atom. The largest absolute Gasteiger partial charge is 0.259 e. The summed E-state index contributed by atoms with van der Waals surface area (Å²) in [5, 5.41) is 7.19. The molecular weight excluding hydrogens is 246 g/mol. The van der Waals surface area contributed by atoms with Crippen LogP contribution < -0.4 is 0 Å². The molecule has 0 fully saturated rings. The van der Waals surface area contributed by atoms with Gasteiger partial charge in [0.1, 0.15) is 0 Å². The maximum absolute atomic E-state index is 4.48. The number of nitrogens with zero attached hydrogens (tertiary/aromatic N) is 2. The van der Waals surface area contributed by atoms with Crippen LogP contribution in [-0.4, -0.2) is 15.2 Å². The fourth-order valence-electron chi connectivity index (χ4n) is 1.70. The van der Waals surface area contributed by atoms with E-state index in [4.69, 9.17) is 0 Å². The van der Waals surface area contributed by atoms with E-state index in [1.807, 2.05) is 60.7 Å². The standard InChI is InChI=1S/C14H11N3.ClH/c1-3-7-11(8-4-1)13-15-14(17-16-13)12-9-5-2-6-10-12;/h1-10H,(H,15,16,17);1H. The minimum atomic E-state index is 0. The van der Waals surface area contributed by atoms with Crippen LogP contribution in [0.5, 0.6) is 0 Å². The van der Waals surface area contributed by atoms with Crippen molar-refractivity contribution in [1.29, 1.82) is 0 Å². The molecule has 4 heteroatoms. The summed E-state index contributed by atoms with van der Waals surface area (Å²) in [5.41, 5.74) is 2.06. The second kappa shape index (κ2) is 5.47. The second-order valence-electron chi connectivity index (χ2n) is 3.74. The summed E-state index contributed by atoms with van der Waals surface area (Å²) in [4.78, 5) is 4.48. The summed E-state index contributed by atoms with van der Waals surface area (Å²) < 4.78 is 0. The van der Waals surface area contributed by atoms with Gasteiger partial charge in [-0.2, -0.15) is 5.10 Å². The summed E-state index contributed by atoms with van der Waals surface area (Å²) in [6, 6.07) is 19.9. The number of aromatic nitrogens is 3. The van der Waals surface area contributed by atoms with Gasteiger partial charge in [0.15, 0.2) is 11.6 Å². The van der Waals surface area contributed by atoms with Crippen LogP contribution >= 0.6 is 12.4 Å². The molecule has 0 radical (unpaired) electrons. The molecule has 3 rings (SSSR count). The molecule has 90 valence electrons. The normalized spacial score (nSPS) is 9.78. The van der Waals surface area contributed by atoms with Crippen molar-refractivity contribution in [2.24, 2.45) is 0 Å². The Labute approximate surface area is 111 Å². The highest BCUT2D eigenvalue weighted by atomic mass is 35.5. The fourth-order valence-corrected chi connectivity index (χ4v) is 1.70. The topological polar surface area (TPSA) is 41.6 Å². The lowest BCUT2D eigenvalue weighted by Crippen LogP contribution is -1.80. The third-order valence-corrected chi connectivity index (χ3v) is 2.56. The molecule has 1 N–H and O–H groups in total. The Hall–Kier alpha value is -2.13. The molecule has 0 aliphatic heterocycles. The van der Waals surface area contributed by atoms with E-state index < -0.39 is 0 Å². The zero-order valence-electron chi connectivity index (χ0n) is 9.58. The Bertz CT molecular complexity index is 551. The van der Waals surface area contributed by atoms with Crippen molar-refractivity contribution in [2.75, 3.05) is 0 Å². The van der Waals surface area contributed by atoms with Gasteiger partial charge in [0.05, 0.1) is 0 Å². The lowest BCUT2D eigenvalue weighted by molar-refractivity contribution is 1.10. The van der Waals surface area contributed by atoms with Gasteiger partial charge in [-0.25, -0.2) is 4.98 Å². The van der Waals surface area contributed by atoms with Crippen LogP contribution in [-0.2, 0) is 0 Å². The number of benzene rings is 2. The molecule has 2 aromatic carbocycles. The van der Waals surface area contributed by atoms with Crippen LogP contribution in [0.1, 0.15) is 0 Å². The summed E-state index contributed by atoms with van der Waals surface area (Å²) in [6.45, 7) is 0. The first-order valence-corrected chi connectivity index (χ1v) is 5.47. The lowest BCUT2D eigenvalue weighted by atomic mass is 10.2. The van der Waals surface area contributed by atoms with Crippen molar-refractivity contribution in [3.05, 3.63) is 60.7 Å². The highest BCUT2D eigenvalue weighted by Gasteiger charge is 2.06. The zero-order chi connectivity index (χ0) is 11.5. The molecule has 0 bridgehead atoms. The van der Waals surface area contributed by atoms with E-state index in [2.05, 4.69) is 15.2 Å². The number of halogens is 1. The van der Waals surface area contributed by atoms with Crippen LogP contribution in [0, 0.1) is 0 Å². The van der Waals surface area contributed by atoms with E-state index in [1.165, 1.54) is 0 Å². The number of hydrogen-bond donors (Lipinski definition) is 1. The summed E-state index contributed by atoms with van der Waals surface area (Å²) in [7, 11) is 0. The van der Waals surface area contributed by atoms with Gasteiger partial charge in [0, 0.05) is 11.1 Å². The molecule has 1 aromatic heterocycles. The molecule has 18 heavy (non-hydrogen) atoms. The van der Waals surface area contributed by atoms with Crippen LogP contribution in [0.25, 0.3) is 22.8 Å². The van der Waals surface area contributed by atoms with E-state index >= 15 is 0 Å². The maximum Gasteiger partial charge on any atom is 0.181 e. The van der Waals surface area contributed by atoms with E-state index in [0.717, 1.165) is 22.8 Å². The molecule has 0 aliphatic carbocycles. The first-order valence-electron chi connectivity index (χ1n) is 5.47. The first kappa shape index (κ1) is 12.3. The molecule has 0 amide bonds. The summed E-state index contributed by atoms with van der Waals surface area (Å²) >= 11 is 0. The van der Waals surface area contributed by atoms with Crippen molar-refractivity contribution < 1.29 is 0 Å². The van der Waals surface area contributed by atoms with Crippen molar-refractivity contribution in [3.8, 4) is 22.8 Å². The Morgan fingerprint density at radius 2 is 1.28 bits per heavy atom. The van der Waals surface area contributed by atoms with Crippen LogP contribution in [0.3, 0.4) is 0 Å². The minimum Gasteiger partial charge on any atom is -0.259 e.